The molecule has 0 spiro atoms. The van der Waals surface area contributed by atoms with Crippen LogP contribution in [0.25, 0.3) is 22.3 Å². The fraction of sp³-hybridized carbons (Fsp3) is 0.304. The van der Waals surface area contributed by atoms with Gasteiger partial charge in [0.15, 0.2) is 5.65 Å². The van der Waals surface area contributed by atoms with Gasteiger partial charge in [0, 0.05) is 43.0 Å². The normalized spacial score (nSPS) is 10.9. The van der Waals surface area contributed by atoms with Gasteiger partial charge < -0.3 is 24.6 Å². The van der Waals surface area contributed by atoms with Crippen molar-refractivity contribution in [3.63, 3.8) is 0 Å². The zero-order chi connectivity index (χ0) is 24.2. The molecule has 3 aromatic rings. The minimum Gasteiger partial charge on any atom is -0.492 e. The van der Waals surface area contributed by atoms with Gasteiger partial charge >= 0.3 is 11.9 Å². The monoisotopic (exact) mass is 456 g/mol. The van der Waals surface area contributed by atoms with E-state index in [0.29, 0.717) is 31.9 Å². The summed E-state index contributed by atoms with van der Waals surface area (Å²) in [5.74, 6) is -1.65. The van der Waals surface area contributed by atoms with E-state index >= 15 is 0 Å². The second kappa shape index (κ2) is 12.9. The number of carboxylic acids is 2. The van der Waals surface area contributed by atoms with Crippen LogP contribution in [0.15, 0.2) is 54.7 Å². The maximum atomic E-state index is 9.55. The third-order valence-corrected chi connectivity index (χ3v) is 4.32. The van der Waals surface area contributed by atoms with E-state index in [4.69, 9.17) is 24.8 Å². The molecule has 3 rings (SSSR count). The topological polar surface area (TPSA) is 127 Å². The first-order chi connectivity index (χ1) is 15.8. The second-order valence-electron chi connectivity index (χ2n) is 7.13. The number of ether oxygens (including phenoxy) is 2. The van der Waals surface area contributed by atoms with E-state index in [1.165, 1.54) is 0 Å². The molecule has 0 bridgehead atoms. The molecular weight excluding hydrogens is 428 g/mol. The molecule has 2 aromatic heterocycles. The summed E-state index contributed by atoms with van der Waals surface area (Å²) in [6, 6.07) is 12.0. The van der Waals surface area contributed by atoms with Crippen LogP contribution in [0, 0.1) is 0 Å². The van der Waals surface area contributed by atoms with Crippen molar-refractivity contribution in [2.24, 2.45) is 0 Å². The molecule has 0 radical (unpaired) electrons. The van der Waals surface area contributed by atoms with E-state index in [1.807, 2.05) is 49.1 Å². The summed E-state index contributed by atoms with van der Waals surface area (Å²) >= 11 is 0. The minimum atomic E-state index is -1.26. The zero-order valence-corrected chi connectivity index (χ0v) is 18.8. The first-order valence-electron chi connectivity index (χ1n) is 10.1. The zero-order valence-electron chi connectivity index (χ0n) is 18.8. The summed E-state index contributed by atoms with van der Waals surface area (Å²) < 4.78 is 12.8. The molecule has 2 N–H and O–H groups in total. The highest BCUT2D eigenvalue weighted by Crippen LogP contribution is 2.28. The van der Waals surface area contributed by atoms with Gasteiger partial charge in [0.2, 0.25) is 0 Å². The Bertz CT molecular complexity index is 1060. The summed E-state index contributed by atoms with van der Waals surface area (Å²) in [7, 11) is 5.76. The molecule has 2 heterocycles. The van der Waals surface area contributed by atoms with Gasteiger partial charge in [-0.2, -0.15) is 5.10 Å². The van der Waals surface area contributed by atoms with Gasteiger partial charge in [0.25, 0.3) is 0 Å². The number of rotatable bonds is 10. The van der Waals surface area contributed by atoms with Gasteiger partial charge in [0.05, 0.1) is 13.2 Å². The molecule has 0 saturated heterocycles. The molecule has 10 heteroatoms. The highest BCUT2D eigenvalue weighted by molar-refractivity contribution is 5.91. The maximum Gasteiger partial charge on any atom is 0.328 e. The molecule has 0 amide bonds. The molecule has 1 aromatic carbocycles. The minimum absolute atomic E-state index is 0.558. The van der Waals surface area contributed by atoms with E-state index in [9.17, 15) is 9.59 Å². The van der Waals surface area contributed by atoms with Gasteiger partial charge in [-0.25, -0.2) is 19.3 Å². The van der Waals surface area contributed by atoms with Crippen LogP contribution in [0.5, 0.6) is 5.75 Å². The number of methoxy groups -OCH3 is 1. The van der Waals surface area contributed by atoms with Crippen LogP contribution in [0.3, 0.4) is 0 Å². The van der Waals surface area contributed by atoms with Gasteiger partial charge in [-0.15, -0.1) is 0 Å². The van der Waals surface area contributed by atoms with Crippen molar-refractivity contribution in [2.75, 3.05) is 41.0 Å². The Morgan fingerprint density at radius 2 is 1.73 bits per heavy atom. The summed E-state index contributed by atoms with van der Waals surface area (Å²) in [6.45, 7) is 2.84. The number of hydrogen-bond donors (Lipinski definition) is 2. The van der Waals surface area contributed by atoms with Crippen molar-refractivity contribution in [3.8, 4) is 17.0 Å². The molecule has 0 aliphatic rings. The van der Waals surface area contributed by atoms with Crippen molar-refractivity contribution < 1.29 is 29.3 Å². The lowest BCUT2D eigenvalue weighted by Crippen LogP contribution is -2.19. The Labute approximate surface area is 191 Å². The first kappa shape index (κ1) is 25.5. The Kier molecular flexibility index (Phi) is 10.00. The molecule has 0 fully saturated rings. The number of fused-ring (bicyclic) bond motifs is 1. The Morgan fingerprint density at radius 3 is 2.30 bits per heavy atom. The van der Waals surface area contributed by atoms with E-state index < -0.39 is 11.9 Å². The van der Waals surface area contributed by atoms with E-state index in [-0.39, 0.29) is 0 Å². The number of hydrogen-bond acceptors (Lipinski definition) is 7. The van der Waals surface area contributed by atoms with Crippen LogP contribution in [0.4, 0.5) is 0 Å². The standard InChI is InChI=1S/C19H24N4O2.C4H4O4/c1-22(2)11-14-25-16-8-6-15(7-9-16)18-17-5-4-10-20-19(17)23(21-18)12-13-24-3;5-3(6)1-2-4(7)8/h4-10H,11-14H2,1-3H3;1-2H,(H,5,6)(H,7,8). The summed E-state index contributed by atoms with van der Waals surface area (Å²) in [6.07, 6.45) is 2.91. The van der Waals surface area contributed by atoms with E-state index in [1.54, 1.807) is 13.3 Å². The van der Waals surface area contributed by atoms with Gasteiger partial charge in [-0.1, -0.05) is 0 Å². The van der Waals surface area contributed by atoms with Crippen molar-refractivity contribution >= 4 is 23.0 Å². The summed E-state index contributed by atoms with van der Waals surface area (Å²) in [5, 5.41) is 21.4. The smallest absolute Gasteiger partial charge is 0.328 e. The number of nitrogens with zero attached hydrogens (tertiary/aromatic N) is 4. The summed E-state index contributed by atoms with van der Waals surface area (Å²) in [4.78, 5) is 25.7. The molecule has 0 saturated carbocycles. The number of aliphatic carboxylic acids is 2. The quantitative estimate of drug-likeness (QED) is 0.442. The van der Waals surface area contributed by atoms with Crippen LogP contribution in [-0.4, -0.2) is 82.8 Å². The number of pyridine rings is 1. The molecule has 0 aliphatic heterocycles. The number of carbonyl (C=O) groups is 2. The Morgan fingerprint density at radius 1 is 1.06 bits per heavy atom. The Hall–Kier alpha value is -3.76. The third kappa shape index (κ3) is 8.36. The fourth-order valence-electron chi connectivity index (χ4n) is 2.75. The fourth-order valence-corrected chi connectivity index (χ4v) is 2.75. The average molecular weight is 456 g/mol. The van der Waals surface area contributed by atoms with Gasteiger partial charge in [-0.05, 0) is 50.5 Å². The molecule has 0 atom stereocenters. The van der Waals surface area contributed by atoms with Crippen LogP contribution < -0.4 is 4.74 Å². The number of aromatic nitrogens is 3. The van der Waals surface area contributed by atoms with Crippen LogP contribution >= 0.6 is 0 Å². The van der Waals surface area contributed by atoms with Crippen molar-refractivity contribution in [3.05, 3.63) is 54.7 Å². The second-order valence-corrected chi connectivity index (χ2v) is 7.13. The predicted molar refractivity (Wildman–Crippen MR) is 123 cm³/mol. The van der Waals surface area contributed by atoms with Gasteiger partial charge in [-0.3, -0.25) is 0 Å². The lowest BCUT2D eigenvalue weighted by Gasteiger charge is -2.11. The highest BCUT2D eigenvalue weighted by atomic mass is 16.5. The number of likely N-dealkylation sites (N-methyl/N-ethyl adjacent to an activating group) is 1. The Balaban J connectivity index is 0.000000414. The third-order valence-electron chi connectivity index (χ3n) is 4.32. The number of benzene rings is 1. The SMILES string of the molecule is COCCn1nc(-c2ccc(OCCN(C)C)cc2)c2cccnc21.O=C(O)C=CC(=O)O. The molecule has 33 heavy (non-hydrogen) atoms. The van der Waals surface area contributed by atoms with Gasteiger partial charge in [0.1, 0.15) is 18.1 Å². The van der Waals surface area contributed by atoms with Crippen LogP contribution in [-0.2, 0) is 20.9 Å². The van der Waals surface area contributed by atoms with Crippen molar-refractivity contribution in [2.45, 2.75) is 6.54 Å². The molecule has 176 valence electrons. The average Bonchev–Trinajstić information content (AvgIpc) is 3.16. The maximum absolute atomic E-state index is 9.55. The summed E-state index contributed by atoms with van der Waals surface area (Å²) in [5.41, 5.74) is 2.86. The van der Waals surface area contributed by atoms with Crippen LogP contribution in [0.1, 0.15) is 0 Å². The van der Waals surface area contributed by atoms with Crippen LogP contribution in [0.2, 0.25) is 0 Å². The highest BCUT2D eigenvalue weighted by Gasteiger charge is 2.13. The number of carboxylic acid groups (broad SMARTS) is 2. The van der Waals surface area contributed by atoms with E-state index in [2.05, 4.69) is 16.0 Å². The lowest BCUT2D eigenvalue weighted by atomic mass is 10.1. The largest absolute Gasteiger partial charge is 0.492 e. The molecular formula is C23H28N4O6. The van der Waals surface area contributed by atoms with Crippen molar-refractivity contribution in [1.82, 2.24) is 19.7 Å². The lowest BCUT2D eigenvalue weighted by molar-refractivity contribution is -0.134. The molecule has 0 aliphatic carbocycles. The van der Waals surface area contributed by atoms with E-state index in [0.717, 1.165) is 34.6 Å². The van der Waals surface area contributed by atoms with Crippen molar-refractivity contribution in [1.29, 1.82) is 0 Å². The predicted octanol–water partition coefficient (Wildman–Crippen LogP) is 2.40. The first-order valence-corrected chi connectivity index (χ1v) is 10.1. The molecule has 10 nitrogen and oxygen atoms in total. The molecule has 0 unspecified atom stereocenters.